The van der Waals surface area contributed by atoms with Gasteiger partial charge in [0.05, 0.1) is 6.26 Å². The van der Waals surface area contributed by atoms with Gasteiger partial charge in [-0.25, -0.2) is 12.7 Å². The van der Waals surface area contributed by atoms with Gasteiger partial charge in [0.25, 0.3) is 5.91 Å². The van der Waals surface area contributed by atoms with Crippen molar-refractivity contribution < 1.29 is 17.9 Å². The third kappa shape index (κ3) is 4.28. The maximum atomic E-state index is 12.4. The molecule has 1 heterocycles. The maximum absolute atomic E-state index is 12.4. The van der Waals surface area contributed by atoms with Crippen molar-refractivity contribution in [1.82, 2.24) is 9.62 Å². The Balaban J connectivity index is 1.92. The highest BCUT2D eigenvalue weighted by atomic mass is 32.2. The number of ether oxygens (including phenoxy) is 1. The molecular formula is C15H22N2O4S. The van der Waals surface area contributed by atoms with Crippen molar-refractivity contribution in [2.45, 2.75) is 25.0 Å². The molecular weight excluding hydrogens is 304 g/mol. The van der Waals surface area contributed by atoms with Crippen LogP contribution in [0.15, 0.2) is 30.3 Å². The molecule has 1 amide bonds. The summed E-state index contributed by atoms with van der Waals surface area (Å²) in [5, 5.41) is 2.95. The largest absolute Gasteiger partial charge is 0.367 e. The van der Waals surface area contributed by atoms with Crippen LogP contribution in [0.3, 0.4) is 0 Å². The quantitative estimate of drug-likeness (QED) is 0.873. The van der Waals surface area contributed by atoms with Crippen LogP contribution < -0.4 is 5.32 Å². The molecule has 0 spiro atoms. The third-order valence-corrected chi connectivity index (χ3v) is 5.15. The lowest BCUT2D eigenvalue weighted by molar-refractivity contribution is -0.132. The second-order valence-electron chi connectivity index (χ2n) is 5.47. The van der Waals surface area contributed by atoms with E-state index in [4.69, 9.17) is 4.74 Å². The molecule has 0 bridgehead atoms. The predicted octanol–water partition coefficient (Wildman–Crippen LogP) is 0.914. The predicted molar refractivity (Wildman–Crippen MR) is 83.8 cm³/mol. The Bertz CT molecular complexity index is 595. The summed E-state index contributed by atoms with van der Waals surface area (Å²) in [4.78, 5) is 12.4. The average Bonchev–Trinajstić information content (AvgIpc) is 2.48. The lowest BCUT2D eigenvalue weighted by Crippen LogP contribution is -2.47. The highest BCUT2D eigenvalue weighted by Gasteiger charge is 2.28. The van der Waals surface area contributed by atoms with Gasteiger partial charge in [-0.3, -0.25) is 4.79 Å². The molecule has 7 heteroatoms. The minimum absolute atomic E-state index is 0.0214. The first-order chi connectivity index (χ1) is 10.4. The van der Waals surface area contributed by atoms with Crippen LogP contribution in [0.5, 0.6) is 0 Å². The van der Waals surface area contributed by atoms with Crippen molar-refractivity contribution in [3.8, 4) is 0 Å². The standard InChI is InChI=1S/C15H22N2O4S/c1-21-14(12-6-4-3-5-7-12)15(18)16-13-8-10-17(11-9-13)22(2,19)20/h3-7,13-14H,8-11H2,1-2H3,(H,16,18)/t14-/m1/s1. The molecule has 0 aromatic heterocycles. The molecule has 0 saturated carbocycles. The molecule has 0 aliphatic carbocycles. The fourth-order valence-electron chi connectivity index (χ4n) is 2.63. The monoisotopic (exact) mass is 326 g/mol. The molecule has 1 atom stereocenters. The highest BCUT2D eigenvalue weighted by molar-refractivity contribution is 7.88. The van der Waals surface area contributed by atoms with Crippen LogP contribution in [-0.4, -0.2) is 51.1 Å². The van der Waals surface area contributed by atoms with Gasteiger partial charge in [-0.2, -0.15) is 0 Å². The first-order valence-electron chi connectivity index (χ1n) is 7.25. The van der Waals surface area contributed by atoms with E-state index in [1.807, 2.05) is 30.3 Å². The van der Waals surface area contributed by atoms with Gasteiger partial charge >= 0.3 is 0 Å². The summed E-state index contributed by atoms with van der Waals surface area (Å²) < 4.78 is 29.7. The molecule has 122 valence electrons. The van der Waals surface area contributed by atoms with Crippen molar-refractivity contribution in [1.29, 1.82) is 0 Å². The first-order valence-corrected chi connectivity index (χ1v) is 9.10. The number of hydrogen-bond donors (Lipinski definition) is 1. The van der Waals surface area contributed by atoms with Gasteiger partial charge in [0, 0.05) is 26.2 Å². The molecule has 2 rings (SSSR count). The highest BCUT2D eigenvalue weighted by Crippen LogP contribution is 2.18. The Hall–Kier alpha value is -1.44. The van der Waals surface area contributed by atoms with Crippen LogP contribution in [0.1, 0.15) is 24.5 Å². The second kappa shape index (κ2) is 7.21. The van der Waals surface area contributed by atoms with E-state index in [2.05, 4.69) is 5.32 Å². The Morgan fingerprint density at radius 2 is 1.86 bits per heavy atom. The van der Waals surface area contributed by atoms with Gasteiger partial charge < -0.3 is 10.1 Å². The Labute approximate surface area is 131 Å². The molecule has 1 saturated heterocycles. The molecule has 1 N–H and O–H groups in total. The lowest BCUT2D eigenvalue weighted by Gasteiger charge is -2.31. The Kier molecular flexibility index (Phi) is 5.55. The van der Waals surface area contributed by atoms with E-state index in [1.54, 1.807) is 0 Å². The second-order valence-corrected chi connectivity index (χ2v) is 7.45. The number of benzene rings is 1. The lowest BCUT2D eigenvalue weighted by atomic mass is 10.0. The molecule has 1 aliphatic rings. The SMILES string of the molecule is CO[C@@H](C(=O)NC1CCN(S(C)(=O)=O)CC1)c1ccccc1. The van der Waals surface area contributed by atoms with Crippen LogP contribution in [0.25, 0.3) is 0 Å². The van der Waals surface area contributed by atoms with Gasteiger partial charge in [0.1, 0.15) is 0 Å². The fraction of sp³-hybridized carbons (Fsp3) is 0.533. The van der Waals surface area contributed by atoms with Crippen LogP contribution >= 0.6 is 0 Å². The van der Waals surface area contributed by atoms with E-state index >= 15 is 0 Å². The Morgan fingerprint density at radius 3 is 2.36 bits per heavy atom. The van der Waals surface area contributed by atoms with Crippen LogP contribution in [-0.2, 0) is 19.6 Å². The summed E-state index contributed by atoms with van der Waals surface area (Å²) in [6, 6.07) is 9.28. The van der Waals surface area contributed by atoms with E-state index in [9.17, 15) is 13.2 Å². The third-order valence-electron chi connectivity index (χ3n) is 3.85. The molecule has 1 aromatic rings. The van der Waals surface area contributed by atoms with E-state index in [0.717, 1.165) is 5.56 Å². The van der Waals surface area contributed by atoms with E-state index < -0.39 is 16.1 Å². The number of sulfonamides is 1. The van der Waals surface area contributed by atoms with E-state index in [-0.39, 0.29) is 11.9 Å². The smallest absolute Gasteiger partial charge is 0.253 e. The van der Waals surface area contributed by atoms with Crippen molar-refractivity contribution in [3.63, 3.8) is 0 Å². The Morgan fingerprint density at radius 1 is 1.27 bits per heavy atom. The zero-order chi connectivity index (χ0) is 16.2. The number of nitrogens with zero attached hydrogens (tertiary/aromatic N) is 1. The van der Waals surface area contributed by atoms with Gasteiger partial charge in [0.2, 0.25) is 10.0 Å². The minimum atomic E-state index is -3.15. The van der Waals surface area contributed by atoms with Crippen molar-refractivity contribution >= 4 is 15.9 Å². The topological polar surface area (TPSA) is 75.7 Å². The van der Waals surface area contributed by atoms with Gasteiger partial charge in [-0.1, -0.05) is 30.3 Å². The number of carbonyl (C=O) groups is 1. The van der Waals surface area contributed by atoms with Crippen LogP contribution in [0.2, 0.25) is 0 Å². The molecule has 22 heavy (non-hydrogen) atoms. The van der Waals surface area contributed by atoms with Crippen molar-refractivity contribution in [2.75, 3.05) is 26.5 Å². The summed E-state index contributed by atoms with van der Waals surface area (Å²) in [5.41, 5.74) is 0.802. The maximum Gasteiger partial charge on any atom is 0.253 e. The minimum Gasteiger partial charge on any atom is -0.367 e. The fourth-order valence-corrected chi connectivity index (χ4v) is 3.51. The summed E-state index contributed by atoms with van der Waals surface area (Å²) in [6.45, 7) is 0.875. The van der Waals surface area contributed by atoms with Gasteiger partial charge in [-0.15, -0.1) is 0 Å². The number of nitrogens with one attached hydrogen (secondary N) is 1. The van der Waals surface area contributed by atoms with Crippen LogP contribution in [0, 0.1) is 0 Å². The van der Waals surface area contributed by atoms with Crippen molar-refractivity contribution in [3.05, 3.63) is 35.9 Å². The molecule has 0 unspecified atom stereocenters. The van der Waals surface area contributed by atoms with E-state index in [0.29, 0.717) is 25.9 Å². The average molecular weight is 326 g/mol. The first kappa shape index (κ1) is 16.9. The summed E-state index contributed by atoms with van der Waals surface area (Å²) >= 11 is 0. The van der Waals surface area contributed by atoms with Crippen LogP contribution in [0.4, 0.5) is 0 Å². The van der Waals surface area contributed by atoms with E-state index in [1.165, 1.54) is 17.7 Å². The number of methoxy groups -OCH3 is 1. The summed E-state index contributed by atoms with van der Waals surface area (Å²) in [7, 11) is -1.64. The zero-order valence-corrected chi connectivity index (χ0v) is 13.7. The number of hydrogen-bond acceptors (Lipinski definition) is 4. The van der Waals surface area contributed by atoms with Gasteiger partial charge in [-0.05, 0) is 18.4 Å². The molecule has 1 aliphatic heterocycles. The van der Waals surface area contributed by atoms with Gasteiger partial charge in [0.15, 0.2) is 6.10 Å². The number of amides is 1. The number of rotatable bonds is 5. The molecule has 1 fully saturated rings. The molecule has 6 nitrogen and oxygen atoms in total. The summed E-state index contributed by atoms with van der Waals surface area (Å²) in [6.07, 6.45) is 1.80. The zero-order valence-electron chi connectivity index (χ0n) is 12.9. The normalized spacial score (nSPS) is 18.8. The molecule has 0 radical (unpaired) electrons. The molecule has 1 aromatic carbocycles. The summed E-state index contributed by atoms with van der Waals surface area (Å²) in [5.74, 6) is -0.188. The van der Waals surface area contributed by atoms with Crippen molar-refractivity contribution in [2.24, 2.45) is 0 Å². The number of piperidine rings is 1. The number of carbonyl (C=O) groups excluding carboxylic acids is 1.